The van der Waals surface area contributed by atoms with Crippen molar-refractivity contribution in [1.82, 2.24) is 20.0 Å². The Kier molecular flexibility index (Phi) is 5.76. The van der Waals surface area contributed by atoms with E-state index in [1.165, 1.54) is 17.7 Å². The summed E-state index contributed by atoms with van der Waals surface area (Å²) in [5.74, 6) is 0.00941. The van der Waals surface area contributed by atoms with Gasteiger partial charge in [0.15, 0.2) is 11.5 Å². The number of benzene rings is 2. The van der Waals surface area contributed by atoms with Crippen LogP contribution in [0, 0.1) is 5.82 Å². The van der Waals surface area contributed by atoms with Crippen LogP contribution in [0.4, 0.5) is 15.9 Å². The summed E-state index contributed by atoms with van der Waals surface area (Å²) in [6, 6.07) is 19.7. The molecule has 0 radical (unpaired) electrons. The van der Waals surface area contributed by atoms with E-state index in [0.29, 0.717) is 30.3 Å². The van der Waals surface area contributed by atoms with E-state index in [9.17, 15) is 9.18 Å². The molecule has 3 aromatic rings. The maximum absolute atomic E-state index is 13.3. The van der Waals surface area contributed by atoms with E-state index in [4.69, 9.17) is 0 Å². The zero-order valence-electron chi connectivity index (χ0n) is 16.0. The maximum Gasteiger partial charge on any atom is 0.274 e. The second kappa shape index (κ2) is 8.79. The molecular weight excluding hydrogens is 369 g/mol. The Balaban J connectivity index is 1.32. The quantitative estimate of drug-likeness (QED) is 0.723. The SMILES string of the molecule is O=C(c1ccc(Nc2cccc(F)c2)nn1)N1CCN(Cc2ccccc2)CC1. The number of rotatable bonds is 5. The predicted octanol–water partition coefficient (Wildman–Crippen LogP) is 3.32. The van der Waals surface area contributed by atoms with Gasteiger partial charge in [0.25, 0.3) is 5.91 Å². The molecule has 1 saturated heterocycles. The molecule has 1 aliphatic rings. The molecule has 2 heterocycles. The van der Waals surface area contributed by atoms with Crippen LogP contribution < -0.4 is 5.32 Å². The van der Waals surface area contributed by atoms with Gasteiger partial charge in [-0.15, -0.1) is 10.2 Å². The summed E-state index contributed by atoms with van der Waals surface area (Å²) in [6.45, 7) is 3.87. The van der Waals surface area contributed by atoms with Crippen LogP contribution in [-0.4, -0.2) is 52.1 Å². The molecule has 1 aliphatic heterocycles. The van der Waals surface area contributed by atoms with E-state index in [1.807, 2.05) is 23.1 Å². The van der Waals surface area contributed by atoms with E-state index < -0.39 is 0 Å². The van der Waals surface area contributed by atoms with E-state index in [1.54, 1.807) is 24.3 Å². The fourth-order valence-electron chi connectivity index (χ4n) is 3.34. The Morgan fingerprint density at radius 3 is 2.41 bits per heavy atom. The first kappa shape index (κ1) is 19.0. The van der Waals surface area contributed by atoms with Crippen molar-refractivity contribution in [2.24, 2.45) is 0 Å². The first-order valence-electron chi connectivity index (χ1n) is 9.59. The third-order valence-electron chi connectivity index (χ3n) is 4.89. The molecular formula is C22H22FN5O. The minimum Gasteiger partial charge on any atom is -0.339 e. The molecule has 6 nitrogen and oxygen atoms in total. The van der Waals surface area contributed by atoms with Crippen LogP contribution in [0.25, 0.3) is 0 Å². The van der Waals surface area contributed by atoms with Crippen LogP contribution in [0.1, 0.15) is 16.1 Å². The smallest absolute Gasteiger partial charge is 0.274 e. The summed E-state index contributed by atoms with van der Waals surface area (Å²) >= 11 is 0. The van der Waals surface area contributed by atoms with Gasteiger partial charge in [-0.25, -0.2) is 4.39 Å². The fourth-order valence-corrected chi connectivity index (χ4v) is 3.34. The van der Waals surface area contributed by atoms with Crippen molar-refractivity contribution < 1.29 is 9.18 Å². The Morgan fingerprint density at radius 1 is 0.931 bits per heavy atom. The minimum atomic E-state index is -0.332. The average Bonchev–Trinajstić information content (AvgIpc) is 2.75. The summed E-state index contributed by atoms with van der Waals surface area (Å²) < 4.78 is 13.3. The highest BCUT2D eigenvalue weighted by Gasteiger charge is 2.23. The van der Waals surface area contributed by atoms with Gasteiger partial charge >= 0.3 is 0 Å². The molecule has 4 rings (SSSR count). The monoisotopic (exact) mass is 391 g/mol. The van der Waals surface area contributed by atoms with Crippen LogP contribution in [-0.2, 0) is 6.54 Å². The Labute approximate surface area is 169 Å². The molecule has 0 bridgehead atoms. The zero-order chi connectivity index (χ0) is 20.1. The lowest BCUT2D eigenvalue weighted by molar-refractivity contribution is 0.0621. The van der Waals surface area contributed by atoms with Gasteiger partial charge in [0.05, 0.1) is 0 Å². The lowest BCUT2D eigenvalue weighted by Gasteiger charge is -2.34. The molecule has 1 aromatic heterocycles. The maximum atomic E-state index is 13.3. The molecule has 7 heteroatoms. The average molecular weight is 391 g/mol. The molecule has 0 spiro atoms. The number of anilines is 2. The standard InChI is InChI=1S/C22H22FN5O/c23-18-7-4-8-19(15-18)24-21-10-9-20(25-26-21)22(29)28-13-11-27(12-14-28)16-17-5-2-1-3-6-17/h1-10,15H,11-14,16H2,(H,24,26). The zero-order valence-corrected chi connectivity index (χ0v) is 16.0. The molecule has 1 N–H and O–H groups in total. The second-order valence-corrected chi connectivity index (χ2v) is 6.99. The van der Waals surface area contributed by atoms with Gasteiger partial charge in [-0.3, -0.25) is 9.69 Å². The van der Waals surface area contributed by atoms with Crippen LogP contribution in [0.5, 0.6) is 0 Å². The van der Waals surface area contributed by atoms with Crippen molar-refractivity contribution in [3.63, 3.8) is 0 Å². The number of amides is 1. The van der Waals surface area contributed by atoms with Crippen LogP contribution in [0.2, 0.25) is 0 Å². The highest BCUT2D eigenvalue weighted by atomic mass is 19.1. The molecule has 0 unspecified atom stereocenters. The van der Waals surface area contributed by atoms with Gasteiger partial charge in [-0.05, 0) is 35.9 Å². The van der Waals surface area contributed by atoms with E-state index in [-0.39, 0.29) is 11.7 Å². The van der Waals surface area contributed by atoms with Gasteiger partial charge < -0.3 is 10.2 Å². The Bertz CT molecular complexity index is 956. The van der Waals surface area contributed by atoms with Crippen molar-refractivity contribution in [2.45, 2.75) is 6.54 Å². The summed E-state index contributed by atoms with van der Waals surface area (Å²) in [7, 11) is 0. The first-order chi connectivity index (χ1) is 14.2. The van der Waals surface area contributed by atoms with Crippen molar-refractivity contribution in [2.75, 3.05) is 31.5 Å². The lowest BCUT2D eigenvalue weighted by Crippen LogP contribution is -2.48. The van der Waals surface area contributed by atoms with Crippen molar-refractivity contribution in [3.8, 4) is 0 Å². The van der Waals surface area contributed by atoms with Crippen molar-refractivity contribution in [1.29, 1.82) is 0 Å². The molecule has 2 aromatic carbocycles. The number of nitrogens with zero attached hydrogens (tertiary/aromatic N) is 4. The number of nitrogens with one attached hydrogen (secondary N) is 1. The van der Waals surface area contributed by atoms with Gasteiger partial charge in [0.2, 0.25) is 0 Å². The van der Waals surface area contributed by atoms with Gasteiger partial charge in [0.1, 0.15) is 5.82 Å². The number of piperazine rings is 1. The molecule has 1 fully saturated rings. The highest BCUT2D eigenvalue weighted by Crippen LogP contribution is 2.16. The topological polar surface area (TPSA) is 61.4 Å². The molecule has 1 amide bonds. The summed E-state index contributed by atoms with van der Waals surface area (Å²) in [5, 5.41) is 11.1. The Morgan fingerprint density at radius 2 is 1.72 bits per heavy atom. The highest BCUT2D eigenvalue weighted by molar-refractivity contribution is 5.92. The van der Waals surface area contributed by atoms with E-state index in [0.717, 1.165) is 19.6 Å². The van der Waals surface area contributed by atoms with Gasteiger partial charge in [0, 0.05) is 38.4 Å². The lowest BCUT2D eigenvalue weighted by atomic mass is 10.2. The molecule has 148 valence electrons. The van der Waals surface area contributed by atoms with Crippen molar-refractivity contribution in [3.05, 3.63) is 83.8 Å². The van der Waals surface area contributed by atoms with Gasteiger partial charge in [-0.2, -0.15) is 0 Å². The number of halogens is 1. The van der Waals surface area contributed by atoms with Gasteiger partial charge in [-0.1, -0.05) is 36.4 Å². The summed E-state index contributed by atoms with van der Waals surface area (Å²) in [5.41, 5.74) is 2.17. The third-order valence-corrected chi connectivity index (χ3v) is 4.89. The van der Waals surface area contributed by atoms with E-state index in [2.05, 4.69) is 32.5 Å². The predicted molar refractivity (Wildman–Crippen MR) is 109 cm³/mol. The summed E-state index contributed by atoms with van der Waals surface area (Å²) in [4.78, 5) is 16.9. The van der Waals surface area contributed by atoms with Crippen LogP contribution in [0.15, 0.2) is 66.7 Å². The largest absolute Gasteiger partial charge is 0.339 e. The Hall–Kier alpha value is -3.32. The van der Waals surface area contributed by atoms with Crippen LogP contribution in [0.3, 0.4) is 0 Å². The molecule has 29 heavy (non-hydrogen) atoms. The second-order valence-electron chi connectivity index (χ2n) is 6.99. The number of hydrogen-bond donors (Lipinski definition) is 1. The fraction of sp³-hybridized carbons (Fsp3) is 0.227. The number of aromatic nitrogens is 2. The van der Waals surface area contributed by atoms with Crippen LogP contribution >= 0.6 is 0 Å². The first-order valence-corrected chi connectivity index (χ1v) is 9.59. The molecule has 0 aliphatic carbocycles. The normalized spacial score (nSPS) is 14.6. The van der Waals surface area contributed by atoms with E-state index >= 15 is 0 Å². The number of carbonyl (C=O) groups excluding carboxylic acids is 1. The number of carbonyl (C=O) groups is 1. The summed E-state index contributed by atoms with van der Waals surface area (Å²) in [6.07, 6.45) is 0. The third kappa shape index (κ3) is 4.94. The molecule has 0 atom stereocenters. The number of hydrogen-bond acceptors (Lipinski definition) is 5. The molecule has 0 saturated carbocycles. The minimum absolute atomic E-state index is 0.117. The van der Waals surface area contributed by atoms with Crippen molar-refractivity contribution >= 4 is 17.4 Å².